The molecule has 1 aromatic carbocycles. The van der Waals surface area contributed by atoms with Crippen LogP contribution in [-0.4, -0.2) is 40.7 Å². The summed E-state index contributed by atoms with van der Waals surface area (Å²) in [6.45, 7) is 2.56. The molecular formula is C21H22ClN5O. The molecule has 6 nitrogen and oxygen atoms in total. The topological polar surface area (TPSA) is 73.9 Å². The third-order valence-corrected chi connectivity index (χ3v) is 5.40. The Bertz CT molecular complexity index is 917. The molecular weight excluding hydrogens is 374 g/mol. The number of H-pyrrole nitrogens is 1. The fourth-order valence-electron chi connectivity index (χ4n) is 3.46. The van der Waals surface area contributed by atoms with E-state index in [1.807, 2.05) is 12.1 Å². The predicted octanol–water partition coefficient (Wildman–Crippen LogP) is 3.77. The molecule has 2 N–H and O–H groups in total. The lowest BCUT2D eigenvalue weighted by atomic mass is 9.96. The van der Waals surface area contributed by atoms with E-state index in [4.69, 9.17) is 11.6 Å². The minimum Gasteiger partial charge on any atom is -0.355 e. The molecule has 0 atom stereocenters. The number of rotatable bonds is 5. The third kappa shape index (κ3) is 4.34. The van der Waals surface area contributed by atoms with Crippen LogP contribution in [0.4, 0.5) is 5.82 Å². The smallest absolute Gasteiger partial charge is 0.251 e. The minimum absolute atomic E-state index is 0.0478. The normalized spacial score (nSPS) is 14.8. The van der Waals surface area contributed by atoms with Gasteiger partial charge in [0.05, 0.1) is 5.69 Å². The largest absolute Gasteiger partial charge is 0.355 e. The van der Waals surface area contributed by atoms with Crippen LogP contribution < -0.4 is 10.2 Å². The van der Waals surface area contributed by atoms with E-state index < -0.39 is 0 Å². The highest BCUT2D eigenvalue weighted by Gasteiger charge is 2.21. The van der Waals surface area contributed by atoms with Crippen LogP contribution in [-0.2, 0) is 0 Å². The van der Waals surface area contributed by atoms with Gasteiger partial charge in [-0.25, -0.2) is 0 Å². The number of aromatic amines is 1. The summed E-state index contributed by atoms with van der Waals surface area (Å²) < 4.78 is 0. The maximum atomic E-state index is 12.2. The number of nitrogens with zero attached hydrogens (tertiary/aromatic N) is 3. The Labute approximate surface area is 168 Å². The average Bonchev–Trinajstić information content (AvgIpc) is 3.24. The molecule has 4 rings (SSSR count). The van der Waals surface area contributed by atoms with Crippen LogP contribution in [0.2, 0.25) is 5.02 Å². The molecule has 28 heavy (non-hydrogen) atoms. The number of carbonyl (C=O) groups excluding carboxylic acids is 1. The zero-order chi connectivity index (χ0) is 19.3. The van der Waals surface area contributed by atoms with Crippen molar-refractivity contribution in [2.75, 3.05) is 24.5 Å². The molecule has 1 aliphatic rings. The molecule has 7 heteroatoms. The van der Waals surface area contributed by atoms with Gasteiger partial charge >= 0.3 is 0 Å². The lowest BCUT2D eigenvalue weighted by Gasteiger charge is -2.32. The van der Waals surface area contributed by atoms with Gasteiger partial charge in [0, 0.05) is 54.2 Å². The van der Waals surface area contributed by atoms with Gasteiger partial charge in [-0.15, -0.1) is 0 Å². The SMILES string of the molecule is O=C(NCC1CCN(c2cc(-c3ccncc3)[nH]n2)CC1)c1ccc(Cl)cc1. The van der Waals surface area contributed by atoms with Crippen LogP contribution in [0.15, 0.2) is 54.9 Å². The van der Waals surface area contributed by atoms with Gasteiger partial charge in [0.1, 0.15) is 0 Å². The second-order valence-electron chi connectivity index (χ2n) is 7.02. The second kappa shape index (κ2) is 8.44. The summed E-state index contributed by atoms with van der Waals surface area (Å²) in [6.07, 6.45) is 5.61. The summed E-state index contributed by atoms with van der Waals surface area (Å²) >= 11 is 5.87. The first-order chi connectivity index (χ1) is 13.7. The molecule has 3 heterocycles. The monoisotopic (exact) mass is 395 g/mol. The van der Waals surface area contributed by atoms with Crippen molar-refractivity contribution < 1.29 is 4.79 Å². The zero-order valence-electron chi connectivity index (χ0n) is 15.4. The number of nitrogens with one attached hydrogen (secondary N) is 2. The van der Waals surface area contributed by atoms with Crippen LogP contribution in [0.25, 0.3) is 11.3 Å². The van der Waals surface area contributed by atoms with Crippen LogP contribution in [0, 0.1) is 5.92 Å². The summed E-state index contributed by atoms with van der Waals surface area (Å²) in [5.74, 6) is 1.40. The highest BCUT2D eigenvalue weighted by Crippen LogP contribution is 2.25. The van der Waals surface area contributed by atoms with Crippen molar-refractivity contribution in [3.63, 3.8) is 0 Å². The van der Waals surface area contributed by atoms with E-state index in [0.29, 0.717) is 23.0 Å². The van der Waals surface area contributed by atoms with E-state index in [1.165, 1.54) is 0 Å². The number of carbonyl (C=O) groups is 1. The van der Waals surface area contributed by atoms with Crippen molar-refractivity contribution in [1.29, 1.82) is 0 Å². The standard InChI is InChI=1S/C21H22ClN5O/c22-18-3-1-17(2-4-18)21(28)24-14-15-7-11-27(12-8-15)20-13-19(25-26-20)16-5-9-23-10-6-16/h1-6,9-10,13,15H,7-8,11-12,14H2,(H,24,28)(H,25,26). The first-order valence-corrected chi connectivity index (χ1v) is 9.81. The van der Waals surface area contributed by atoms with Gasteiger partial charge in [-0.3, -0.25) is 14.9 Å². The molecule has 1 fully saturated rings. The van der Waals surface area contributed by atoms with Crippen molar-refractivity contribution in [3.05, 3.63) is 65.4 Å². The van der Waals surface area contributed by atoms with Gasteiger partial charge in [-0.2, -0.15) is 5.10 Å². The molecule has 1 saturated heterocycles. The van der Waals surface area contributed by atoms with Crippen molar-refractivity contribution in [2.45, 2.75) is 12.8 Å². The summed E-state index contributed by atoms with van der Waals surface area (Å²) in [7, 11) is 0. The molecule has 0 radical (unpaired) electrons. The number of halogens is 1. The van der Waals surface area contributed by atoms with Crippen LogP contribution in [0.1, 0.15) is 23.2 Å². The first kappa shape index (κ1) is 18.5. The lowest BCUT2D eigenvalue weighted by molar-refractivity contribution is 0.0945. The van der Waals surface area contributed by atoms with Crippen molar-refractivity contribution in [3.8, 4) is 11.3 Å². The number of piperidine rings is 1. The van der Waals surface area contributed by atoms with Gasteiger partial charge in [0.25, 0.3) is 5.91 Å². The molecule has 0 unspecified atom stereocenters. The molecule has 0 bridgehead atoms. The third-order valence-electron chi connectivity index (χ3n) is 5.15. The number of aromatic nitrogens is 3. The van der Waals surface area contributed by atoms with Crippen LogP contribution in [0.3, 0.4) is 0 Å². The Morgan fingerprint density at radius 2 is 1.86 bits per heavy atom. The fourth-order valence-corrected chi connectivity index (χ4v) is 3.59. The molecule has 144 valence electrons. The number of amides is 1. The quantitative estimate of drug-likeness (QED) is 0.689. The summed E-state index contributed by atoms with van der Waals surface area (Å²) in [6, 6.07) is 13.0. The predicted molar refractivity (Wildman–Crippen MR) is 111 cm³/mol. The van der Waals surface area contributed by atoms with E-state index in [1.54, 1.807) is 36.7 Å². The van der Waals surface area contributed by atoms with Gasteiger partial charge < -0.3 is 10.2 Å². The maximum Gasteiger partial charge on any atom is 0.251 e. The van der Waals surface area contributed by atoms with E-state index >= 15 is 0 Å². The molecule has 2 aromatic heterocycles. The summed E-state index contributed by atoms with van der Waals surface area (Å²) in [4.78, 5) is 18.6. The molecule has 0 aliphatic carbocycles. The molecule has 1 aliphatic heterocycles. The summed E-state index contributed by atoms with van der Waals surface area (Å²) in [5.41, 5.74) is 2.71. The number of anilines is 1. The number of hydrogen-bond donors (Lipinski definition) is 2. The average molecular weight is 396 g/mol. The second-order valence-corrected chi connectivity index (χ2v) is 7.46. The van der Waals surface area contributed by atoms with Crippen LogP contribution in [0.5, 0.6) is 0 Å². The Kier molecular flexibility index (Phi) is 5.58. The number of pyridine rings is 1. The van der Waals surface area contributed by atoms with Gasteiger partial charge in [0.15, 0.2) is 5.82 Å². The summed E-state index contributed by atoms with van der Waals surface area (Å²) in [5, 5.41) is 11.2. The van der Waals surface area contributed by atoms with Gasteiger partial charge in [-0.1, -0.05) is 11.6 Å². The van der Waals surface area contributed by atoms with Crippen molar-refractivity contribution >= 4 is 23.3 Å². The fraction of sp³-hybridized carbons (Fsp3) is 0.286. The highest BCUT2D eigenvalue weighted by atomic mass is 35.5. The van der Waals surface area contributed by atoms with Gasteiger partial charge in [-0.05, 0) is 55.2 Å². The molecule has 1 amide bonds. The first-order valence-electron chi connectivity index (χ1n) is 9.43. The molecule has 3 aromatic rings. The van der Waals surface area contributed by atoms with Crippen LogP contribution >= 0.6 is 11.6 Å². The van der Waals surface area contributed by atoms with Crippen molar-refractivity contribution in [2.24, 2.45) is 5.92 Å². The van der Waals surface area contributed by atoms with Gasteiger partial charge in [0.2, 0.25) is 0 Å². The lowest BCUT2D eigenvalue weighted by Crippen LogP contribution is -2.38. The maximum absolute atomic E-state index is 12.2. The number of benzene rings is 1. The Balaban J connectivity index is 1.27. The van der Waals surface area contributed by atoms with E-state index in [9.17, 15) is 4.79 Å². The Morgan fingerprint density at radius 3 is 2.57 bits per heavy atom. The minimum atomic E-state index is -0.0478. The highest BCUT2D eigenvalue weighted by molar-refractivity contribution is 6.30. The number of hydrogen-bond acceptors (Lipinski definition) is 4. The van der Waals surface area contributed by atoms with Crippen molar-refractivity contribution in [1.82, 2.24) is 20.5 Å². The van der Waals surface area contributed by atoms with E-state index in [2.05, 4.69) is 31.5 Å². The Morgan fingerprint density at radius 1 is 1.14 bits per heavy atom. The van der Waals surface area contributed by atoms with E-state index in [0.717, 1.165) is 43.0 Å². The molecule has 0 spiro atoms. The Hall–Kier alpha value is -2.86. The van der Waals surface area contributed by atoms with E-state index in [-0.39, 0.29) is 5.91 Å². The zero-order valence-corrected chi connectivity index (χ0v) is 16.2. The molecule has 0 saturated carbocycles.